The summed E-state index contributed by atoms with van der Waals surface area (Å²) in [6.45, 7) is 3.55. The van der Waals surface area contributed by atoms with Crippen molar-refractivity contribution in [3.05, 3.63) is 0 Å². The molecular weight excluding hydrogens is 268 g/mol. The molecule has 0 radical (unpaired) electrons. The highest BCUT2D eigenvalue weighted by Gasteiger charge is 2.30. The van der Waals surface area contributed by atoms with Gasteiger partial charge in [0, 0.05) is 17.3 Å². The number of sulfonamides is 1. The van der Waals surface area contributed by atoms with E-state index >= 15 is 0 Å². The molecule has 0 aromatic heterocycles. The van der Waals surface area contributed by atoms with Crippen LogP contribution >= 0.6 is 11.8 Å². The molecule has 2 rings (SSSR count). The van der Waals surface area contributed by atoms with E-state index < -0.39 is 10.0 Å². The Morgan fingerprint density at radius 2 is 2.17 bits per heavy atom. The predicted octanol–water partition coefficient (Wildman–Crippen LogP) is 1.33. The van der Waals surface area contributed by atoms with Gasteiger partial charge in [0.25, 0.3) is 0 Å². The maximum atomic E-state index is 11.8. The molecule has 1 unspecified atom stereocenters. The van der Waals surface area contributed by atoms with Gasteiger partial charge in [-0.3, -0.25) is 0 Å². The van der Waals surface area contributed by atoms with Gasteiger partial charge in [-0.05, 0) is 51.3 Å². The molecule has 0 amide bonds. The van der Waals surface area contributed by atoms with E-state index in [9.17, 15) is 8.42 Å². The van der Waals surface area contributed by atoms with Gasteiger partial charge in [-0.2, -0.15) is 11.8 Å². The van der Waals surface area contributed by atoms with Gasteiger partial charge in [-0.25, -0.2) is 13.1 Å². The lowest BCUT2D eigenvalue weighted by Gasteiger charge is -2.22. The molecule has 1 aliphatic heterocycles. The van der Waals surface area contributed by atoms with Crippen molar-refractivity contribution in [3.63, 3.8) is 0 Å². The molecule has 0 spiro atoms. The minimum atomic E-state index is -3.09. The monoisotopic (exact) mass is 292 g/mol. The Labute approximate surface area is 115 Å². The Balaban J connectivity index is 1.62. The Kier molecular flexibility index (Phi) is 4.97. The van der Waals surface area contributed by atoms with Crippen molar-refractivity contribution in [2.75, 3.05) is 24.6 Å². The molecular formula is C12H24N2O2S2. The van der Waals surface area contributed by atoms with Crippen LogP contribution in [0, 0.1) is 0 Å². The SMILES string of the molecule is CC1(CNS(=O)(=O)CCCNC2CC2)CCCS1. The zero-order valence-electron chi connectivity index (χ0n) is 11.1. The Morgan fingerprint density at radius 3 is 2.78 bits per heavy atom. The highest BCUT2D eigenvalue weighted by Crippen LogP contribution is 2.37. The highest BCUT2D eigenvalue weighted by atomic mass is 32.2. The van der Waals surface area contributed by atoms with Crippen LogP contribution in [-0.2, 0) is 10.0 Å². The van der Waals surface area contributed by atoms with E-state index in [1.165, 1.54) is 19.3 Å². The Bertz CT molecular complexity index is 360. The molecule has 2 N–H and O–H groups in total. The first-order chi connectivity index (χ1) is 8.49. The lowest BCUT2D eigenvalue weighted by Crippen LogP contribution is -2.38. The third kappa shape index (κ3) is 5.07. The average molecular weight is 292 g/mol. The molecule has 1 aliphatic carbocycles. The Morgan fingerprint density at radius 1 is 1.39 bits per heavy atom. The van der Waals surface area contributed by atoms with E-state index in [1.807, 2.05) is 11.8 Å². The molecule has 1 atom stereocenters. The van der Waals surface area contributed by atoms with E-state index in [-0.39, 0.29) is 10.5 Å². The van der Waals surface area contributed by atoms with Crippen LogP contribution in [0.1, 0.15) is 39.0 Å². The van der Waals surface area contributed by atoms with Gasteiger partial charge in [0.05, 0.1) is 5.75 Å². The summed E-state index contributed by atoms with van der Waals surface area (Å²) in [6.07, 6.45) is 5.52. The van der Waals surface area contributed by atoms with E-state index in [0.717, 1.165) is 18.7 Å². The standard InChI is InChI=1S/C12H24N2O2S2/c1-12(6-2-8-17-12)10-14-18(15,16)9-3-7-13-11-4-5-11/h11,13-14H,2-10H2,1H3. The van der Waals surface area contributed by atoms with Crippen LogP contribution in [0.4, 0.5) is 0 Å². The number of rotatable bonds is 8. The third-order valence-corrected chi connectivity index (χ3v) is 6.52. The summed E-state index contributed by atoms with van der Waals surface area (Å²) in [5.74, 6) is 1.40. The molecule has 1 saturated heterocycles. The van der Waals surface area contributed by atoms with Gasteiger partial charge in [-0.1, -0.05) is 0 Å². The first-order valence-electron chi connectivity index (χ1n) is 6.84. The van der Waals surface area contributed by atoms with Gasteiger partial charge < -0.3 is 5.32 Å². The number of nitrogens with one attached hydrogen (secondary N) is 2. The lowest BCUT2D eigenvalue weighted by molar-refractivity contribution is 0.548. The highest BCUT2D eigenvalue weighted by molar-refractivity contribution is 8.01. The molecule has 18 heavy (non-hydrogen) atoms. The largest absolute Gasteiger partial charge is 0.314 e. The molecule has 106 valence electrons. The van der Waals surface area contributed by atoms with Gasteiger partial charge in [-0.15, -0.1) is 0 Å². The molecule has 0 aromatic carbocycles. The number of hydrogen-bond acceptors (Lipinski definition) is 4. The molecule has 1 heterocycles. The summed E-state index contributed by atoms with van der Waals surface area (Å²) in [4.78, 5) is 0. The fraction of sp³-hybridized carbons (Fsp3) is 1.00. The first kappa shape index (κ1) is 14.6. The molecule has 2 fully saturated rings. The molecule has 6 heteroatoms. The first-order valence-corrected chi connectivity index (χ1v) is 9.48. The van der Waals surface area contributed by atoms with Crippen molar-refractivity contribution in [1.82, 2.24) is 10.0 Å². The van der Waals surface area contributed by atoms with Crippen molar-refractivity contribution in [2.45, 2.75) is 49.8 Å². The van der Waals surface area contributed by atoms with E-state index in [4.69, 9.17) is 0 Å². The van der Waals surface area contributed by atoms with Gasteiger partial charge in [0.1, 0.15) is 0 Å². The second kappa shape index (κ2) is 6.11. The minimum Gasteiger partial charge on any atom is -0.314 e. The van der Waals surface area contributed by atoms with Crippen molar-refractivity contribution < 1.29 is 8.42 Å². The van der Waals surface area contributed by atoms with Crippen LogP contribution in [0.15, 0.2) is 0 Å². The van der Waals surface area contributed by atoms with Crippen LogP contribution in [0.3, 0.4) is 0 Å². The normalized spacial score (nSPS) is 28.7. The smallest absolute Gasteiger partial charge is 0.211 e. The predicted molar refractivity (Wildman–Crippen MR) is 77.5 cm³/mol. The quantitative estimate of drug-likeness (QED) is 0.663. The fourth-order valence-corrected chi connectivity index (χ4v) is 4.71. The summed E-state index contributed by atoms with van der Waals surface area (Å²) in [7, 11) is -3.09. The Hall–Kier alpha value is 0.220. The molecule has 2 aliphatic rings. The van der Waals surface area contributed by atoms with E-state index in [1.54, 1.807) is 0 Å². The maximum Gasteiger partial charge on any atom is 0.211 e. The summed E-state index contributed by atoms with van der Waals surface area (Å²) in [5, 5.41) is 3.34. The number of thioether (sulfide) groups is 1. The summed E-state index contributed by atoms with van der Waals surface area (Å²) >= 11 is 1.89. The van der Waals surface area contributed by atoms with Crippen molar-refractivity contribution >= 4 is 21.8 Å². The van der Waals surface area contributed by atoms with Crippen LogP contribution < -0.4 is 10.0 Å². The number of hydrogen-bond donors (Lipinski definition) is 2. The van der Waals surface area contributed by atoms with Crippen LogP contribution in [-0.4, -0.2) is 43.8 Å². The fourth-order valence-electron chi connectivity index (χ4n) is 2.17. The van der Waals surface area contributed by atoms with E-state index in [0.29, 0.717) is 19.0 Å². The van der Waals surface area contributed by atoms with Crippen molar-refractivity contribution in [3.8, 4) is 0 Å². The molecule has 0 aromatic rings. The van der Waals surface area contributed by atoms with Crippen molar-refractivity contribution in [2.24, 2.45) is 0 Å². The van der Waals surface area contributed by atoms with Gasteiger partial charge in [0.2, 0.25) is 10.0 Å². The summed E-state index contributed by atoms with van der Waals surface area (Å²) in [6, 6.07) is 0.662. The third-order valence-electron chi connectivity index (χ3n) is 3.57. The van der Waals surface area contributed by atoms with Gasteiger partial charge >= 0.3 is 0 Å². The van der Waals surface area contributed by atoms with Crippen LogP contribution in [0.5, 0.6) is 0 Å². The van der Waals surface area contributed by atoms with E-state index in [2.05, 4.69) is 17.0 Å². The van der Waals surface area contributed by atoms with Gasteiger partial charge in [0.15, 0.2) is 0 Å². The van der Waals surface area contributed by atoms with Crippen LogP contribution in [0.2, 0.25) is 0 Å². The molecule has 0 bridgehead atoms. The van der Waals surface area contributed by atoms with Crippen molar-refractivity contribution in [1.29, 1.82) is 0 Å². The topological polar surface area (TPSA) is 58.2 Å². The molecule has 1 saturated carbocycles. The zero-order valence-corrected chi connectivity index (χ0v) is 12.7. The lowest BCUT2D eigenvalue weighted by atomic mass is 10.1. The second-order valence-corrected chi connectivity index (χ2v) is 9.23. The minimum absolute atomic E-state index is 0.110. The molecule has 4 nitrogen and oxygen atoms in total. The average Bonchev–Trinajstić information content (AvgIpc) is 3.05. The van der Waals surface area contributed by atoms with Crippen LogP contribution in [0.25, 0.3) is 0 Å². The summed E-state index contributed by atoms with van der Waals surface area (Å²) in [5.41, 5.74) is 0. The summed E-state index contributed by atoms with van der Waals surface area (Å²) < 4.78 is 26.6. The second-order valence-electron chi connectivity index (χ2n) is 5.62. The zero-order chi connectivity index (χ0) is 13.1. The maximum absolute atomic E-state index is 11.8.